The van der Waals surface area contributed by atoms with Crippen LogP contribution in [0.15, 0.2) is 12.4 Å². The molecule has 2 aliphatic heterocycles. The van der Waals surface area contributed by atoms with Crippen LogP contribution in [0, 0.1) is 18.8 Å². The Kier molecular flexibility index (Phi) is 5.21. The molecule has 1 aromatic rings. The lowest BCUT2D eigenvalue weighted by atomic mass is 9.92. The van der Waals surface area contributed by atoms with Gasteiger partial charge in [0, 0.05) is 51.5 Å². The maximum Gasteiger partial charge on any atom is 0.227 e. The first-order valence-electron chi connectivity index (χ1n) is 9.12. The fraction of sp³-hybridized carbons (Fsp3) is 0.722. The summed E-state index contributed by atoms with van der Waals surface area (Å²) in [7, 11) is 0. The van der Waals surface area contributed by atoms with E-state index >= 15 is 0 Å². The number of piperidine rings is 1. The Morgan fingerprint density at radius 1 is 1.33 bits per heavy atom. The summed E-state index contributed by atoms with van der Waals surface area (Å²) in [5.41, 5.74) is 0. The van der Waals surface area contributed by atoms with E-state index in [9.17, 15) is 9.59 Å². The maximum atomic E-state index is 12.6. The zero-order chi connectivity index (χ0) is 17.1. The number of carbonyl (C=O) groups excluding carboxylic acids is 2. The van der Waals surface area contributed by atoms with E-state index in [1.54, 1.807) is 4.90 Å². The van der Waals surface area contributed by atoms with Crippen molar-refractivity contribution < 1.29 is 9.59 Å². The molecule has 3 heterocycles. The summed E-state index contributed by atoms with van der Waals surface area (Å²) in [6.07, 6.45) is 7.55. The summed E-state index contributed by atoms with van der Waals surface area (Å²) < 4.78 is 2.20. The van der Waals surface area contributed by atoms with E-state index in [4.69, 9.17) is 0 Å². The van der Waals surface area contributed by atoms with Gasteiger partial charge in [0.15, 0.2) is 0 Å². The highest BCUT2D eigenvalue weighted by molar-refractivity contribution is 5.89. The van der Waals surface area contributed by atoms with E-state index in [0.717, 1.165) is 44.7 Å². The molecule has 0 spiro atoms. The number of hydrogen-bond donors (Lipinski definition) is 0. The van der Waals surface area contributed by atoms with Gasteiger partial charge in [0.2, 0.25) is 11.8 Å². The lowest BCUT2D eigenvalue weighted by Gasteiger charge is -2.33. The topological polar surface area (TPSA) is 58.4 Å². The molecule has 1 atom stereocenters. The molecule has 0 aromatic carbocycles. The molecule has 0 bridgehead atoms. The van der Waals surface area contributed by atoms with Crippen LogP contribution in [-0.4, -0.2) is 57.3 Å². The molecule has 24 heavy (non-hydrogen) atoms. The second-order valence-corrected chi connectivity index (χ2v) is 7.06. The summed E-state index contributed by atoms with van der Waals surface area (Å²) in [5.74, 6) is 1.93. The van der Waals surface area contributed by atoms with Crippen molar-refractivity contribution in [3.63, 3.8) is 0 Å². The van der Waals surface area contributed by atoms with Crippen LogP contribution in [0.3, 0.4) is 0 Å². The third-order valence-corrected chi connectivity index (χ3v) is 5.57. The molecule has 0 saturated carbocycles. The number of imidazole rings is 1. The minimum absolute atomic E-state index is 0.123. The standard InChI is InChI=1S/C18H28N4O2/c1-3-20-13-16(12-17(20)23)18(24)22-9-5-15(6-10-22)4-8-21-11-7-19-14(21)2/h7,11,15-16H,3-6,8-10,12-13H2,1-2H3/t16-/m1/s1. The molecule has 0 radical (unpaired) electrons. The van der Waals surface area contributed by atoms with E-state index in [0.29, 0.717) is 25.4 Å². The van der Waals surface area contributed by atoms with Crippen LogP contribution >= 0.6 is 0 Å². The zero-order valence-corrected chi connectivity index (χ0v) is 14.8. The maximum absolute atomic E-state index is 12.6. The SMILES string of the molecule is CCN1C[C@H](C(=O)N2CCC(CCn3ccnc3C)CC2)CC1=O. The van der Waals surface area contributed by atoms with Gasteiger partial charge in [-0.15, -0.1) is 0 Å². The summed E-state index contributed by atoms with van der Waals surface area (Å²) in [5, 5.41) is 0. The van der Waals surface area contributed by atoms with Gasteiger partial charge in [0.05, 0.1) is 5.92 Å². The Hall–Kier alpha value is -1.85. The van der Waals surface area contributed by atoms with Gasteiger partial charge < -0.3 is 14.4 Å². The number of amides is 2. The number of aromatic nitrogens is 2. The molecule has 0 aliphatic carbocycles. The van der Waals surface area contributed by atoms with Gasteiger partial charge in [-0.3, -0.25) is 9.59 Å². The molecule has 132 valence electrons. The summed E-state index contributed by atoms with van der Waals surface area (Å²) in [6.45, 7) is 7.99. The highest BCUT2D eigenvalue weighted by Crippen LogP contribution is 2.25. The second-order valence-electron chi connectivity index (χ2n) is 7.06. The third-order valence-electron chi connectivity index (χ3n) is 5.57. The first-order chi connectivity index (χ1) is 11.6. The molecule has 1 aromatic heterocycles. The summed E-state index contributed by atoms with van der Waals surface area (Å²) in [6, 6.07) is 0. The van der Waals surface area contributed by atoms with Crippen LogP contribution in [-0.2, 0) is 16.1 Å². The molecular weight excluding hydrogens is 304 g/mol. The third kappa shape index (κ3) is 3.62. The van der Waals surface area contributed by atoms with Gasteiger partial charge in [-0.25, -0.2) is 4.98 Å². The van der Waals surface area contributed by atoms with Crippen LogP contribution in [0.4, 0.5) is 0 Å². The van der Waals surface area contributed by atoms with Crippen molar-refractivity contribution in [3.8, 4) is 0 Å². The smallest absolute Gasteiger partial charge is 0.227 e. The average molecular weight is 332 g/mol. The molecule has 2 fully saturated rings. The van der Waals surface area contributed by atoms with Gasteiger partial charge in [-0.2, -0.15) is 0 Å². The molecule has 2 saturated heterocycles. The fourth-order valence-corrected chi connectivity index (χ4v) is 3.91. The van der Waals surface area contributed by atoms with Gasteiger partial charge in [-0.05, 0) is 39.0 Å². The molecule has 3 rings (SSSR count). The number of carbonyl (C=O) groups is 2. The minimum Gasteiger partial charge on any atom is -0.342 e. The van der Waals surface area contributed by atoms with Gasteiger partial charge in [-0.1, -0.05) is 0 Å². The largest absolute Gasteiger partial charge is 0.342 e. The molecule has 6 heteroatoms. The van der Waals surface area contributed by atoms with E-state index < -0.39 is 0 Å². The van der Waals surface area contributed by atoms with Crippen molar-refractivity contribution in [2.75, 3.05) is 26.2 Å². The van der Waals surface area contributed by atoms with Crippen LogP contribution in [0.1, 0.15) is 38.4 Å². The molecule has 2 aliphatic rings. The highest BCUT2D eigenvalue weighted by atomic mass is 16.2. The van der Waals surface area contributed by atoms with Crippen molar-refractivity contribution in [1.82, 2.24) is 19.4 Å². The predicted octanol–water partition coefficient (Wildman–Crippen LogP) is 1.69. The number of rotatable bonds is 5. The number of nitrogens with zero attached hydrogens (tertiary/aromatic N) is 4. The zero-order valence-electron chi connectivity index (χ0n) is 14.8. The molecular formula is C18H28N4O2. The number of likely N-dealkylation sites (tertiary alicyclic amines) is 2. The molecule has 0 N–H and O–H groups in total. The quantitative estimate of drug-likeness (QED) is 0.824. The Balaban J connectivity index is 1.44. The number of hydrogen-bond acceptors (Lipinski definition) is 3. The van der Waals surface area contributed by atoms with E-state index in [2.05, 4.69) is 9.55 Å². The summed E-state index contributed by atoms with van der Waals surface area (Å²) >= 11 is 0. The number of aryl methyl sites for hydroxylation is 2. The van der Waals surface area contributed by atoms with Crippen molar-refractivity contribution in [1.29, 1.82) is 0 Å². The molecule has 6 nitrogen and oxygen atoms in total. The van der Waals surface area contributed by atoms with E-state index in [1.165, 1.54) is 0 Å². The Morgan fingerprint density at radius 2 is 2.08 bits per heavy atom. The Bertz CT molecular complexity index is 590. The molecule has 2 amide bonds. The van der Waals surface area contributed by atoms with Gasteiger partial charge in [0.25, 0.3) is 0 Å². The summed E-state index contributed by atoms with van der Waals surface area (Å²) in [4.78, 5) is 32.5. The van der Waals surface area contributed by atoms with Crippen molar-refractivity contribution in [3.05, 3.63) is 18.2 Å². The fourth-order valence-electron chi connectivity index (χ4n) is 3.91. The highest BCUT2D eigenvalue weighted by Gasteiger charge is 2.36. The predicted molar refractivity (Wildman–Crippen MR) is 91.2 cm³/mol. The van der Waals surface area contributed by atoms with Crippen molar-refractivity contribution in [2.45, 2.75) is 46.1 Å². The Labute approximate surface area is 143 Å². The van der Waals surface area contributed by atoms with Gasteiger partial charge >= 0.3 is 0 Å². The Morgan fingerprint density at radius 3 is 2.67 bits per heavy atom. The first-order valence-corrected chi connectivity index (χ1v) is 9.12. The van der Waals surface area contributed by atoms with Crippen LogP contribution < -0.4 is 0 Å². The van der Waals surface area contributed by atoms with Gasteiger partial charge in [0.1, 0.15) is 5.82 Å². The average Bonchev–Trinajstić information content (AvgIpc) is 3.18. The van der Waals surface area contributed by atoms with Crippen LogP contribution in [0.25, 0.3) is 0 Å². The van der Waals surface area contributed by atoms with Crippen molar-refractivity contribution >= 4 is 11.8 Å². The van der Waals surface area contributed by atoms with Crippen LogP contribution in [0.5, 0.6) is 0 Å². The van der Waals surface area contributed by atoms with Crippen molar-refractivity contribution in [2.24, 2.45) is 11.8 Å². The van der Waals surface area contributed by atoms with E-state index in [-0.39, 0.29) is 17.7 Å². The minimum atomic E-state index is -0.123. The first kappa shape index (κ1) is 17.0. The molecule has 0 unspecified atom stereocenters. The normalized spacial score (nSPS) is 22.4. The monoisotopic (exact) mass is 332 g/mol. The lowest BCUT2D eigenvalue weighted by molar-refractivity contribution is -0.137. The van der Waals surface area contributed by atoms with Crippen LogP contribution in [0.2, 0.25) is 0 Å². The lowest BCUT2D eigenvalue weighted by Crippen LogP contribution is -2.42. The second kappa shape index (κ2) is 7.36. The van der Waals surface area contributed by atoms with E-state index in [1.807, 2.05) is 31.1 Å².